The van der Waals surface area contributed by atoms with Gasteiger partial charge in [0.05, 0.1) is 12.2 Å². The molecular formula is C21H26N4O5S. The first kappa shape index (κ1) is 22.7. The van der Waals surface area contributed by atoms with Crippen molar-refractivity contribution in [2.24, 2.45) is 12.8 Å². The number of nitrogens with zero attached hydrogens (tertiary/aromatic N) is 2. The van der Waals surface area contributed by atoms with Crippen molar-refractivity contribution in [3.63, 3.8) is 0 Å². The number of ether oxygens (including phenoxy) is 2. The van der Waals surface area contributed by atoms with Crippen LogP contribution in [0.2, 0.25) is 0 Å². The lowest BCUT2D eigenvalue weighted by atomic mass is 9.86. The van der Waals surface area contributed by atoms with Gasteiger partial charge in [0.1, 0.15) is 5.82 Å². The number of amides is 2. The van der Waals surface area contributed by atoms with Gasteiger partial charge >= 0.3 is 0 Å². The second-order valence-corrected chi connectivity index (χ2v) is 8.13. The number of fused-ring (bicyclic) bond motifs is 1. The van der Waals surface area contributed by atoms with Gasteiger partial charge in [0.15, 0.2) is 23.3 Å². The molecule has 0 fully saturated rings. The Morgan fingerprint density at radius 1 is 1.29 bits per heavy atom. The largest absolute Gasteiger partial charge is 0.490 e. The highest BCUT2D eigenvalue weighted by atomic mass is 32.2. The van der Waals surface area contributed by atoms with Gasteiger partial charge in [-0.3, -0.25) is 14.4 Å². The van der Waals surface area contributed by atoms with Crippen LogP contribution in [0.15, 0.2) is 28.2 Å². The molecule has 0 radical (unpaired) electrons. The van der Waals surface area contributed by atoms with Crippen molar-refractivity contribution in [1.82, 2.24) is 9.55 Å². The summed E-state index contributed by atoms with van der Waals surface area (Å²) in [6.07, 6.45) is 1.05. The Morgan fingerprint density at radius 2 is 2.06 bits per heavy atom. The quantitative estimate of drug-likeness (QED) is 0.446. The summed E-state index contributed by atoms with van der Waals surface area (Å²) in [5.74, 6) is 0.793. The first-order valence-electron chi connectivity index (χ1n) is 10.1. The zero-order valence-electron chi connectivity index (χ0n) is 17.8. The van der Waals surface area contributed by atoms with Crippen LogP contribution in [0.4, 0.5) is 5.82 Å². The highest BCUT2D eigenvalue weighted by molar-refractivity contribution is 7.99. The smallest absolute Gasteiger partial charge is 0.279 e. The second kappa shape index (κ2) is 9.86. The van der Waals surface area contributed by atoms with E-state index in [1.807, 2.05) is 13.8 Å². The van der Waals surface area contributed by atoms with Gasteiger partial charge in [0.2, 0.25) is 5.91 Å². The van der Waals surface area contributed by atoms with Crippen LogP contribution < -0.4 is 26.1 Å². The monoisotopic (exact) mass is 446 g/mol. The van der Waals surface area contributed by atoms with E-state index in [0.717, 1.165) is 17.7 Å². The SMILES string of the molecule is CCCSc1nc(=O)c2c(n1C)NC(=O)CC2c1ccc(OCC(N)=O)c(OCC)c1. The first-order chi connectivity index (χ1) is 14.8. The molecule has 166 valence electrons. The number of hydrogen-bond donors (Lipinski definition) is 2. The van der Waals surface area contributed by atoms with E-state index in [1.54, 1.807) is 29.8 Å². The zero-order valence-corrected chi connectivity index (χ0v) is 18.6. The molecule has 1 aromatic carbocycles. The third kappa shape index (κ3) is 5.01. The normalized spacial score (nSPS) is 15.2. The van der Waals surface area contributed by atoms with Gasteiger partial charge in [-0.05, 0) is 31.0 Å². The number of hydrogen-bond acceptors (Lipinski definition) is 7. The first-order valence-corrected chi connectivity index (χ1v) is 11.1. The third-order valence-electron chi connectivity index (χ3n) is 4.78. The molecule has 1 unspecified atom stereocenters. The van der Waals surface area contributed by atoms with Gasteiger partial charge in [-0.1, -0.05) is 24.8 Å². The molecule has 31 heavy (non-hydrogen) atoms. The van der Waals surface area contributed by atoms with Crippen molar-refractivity contribution >= 4 is 29.4 Å². The molecule has 0 spiro atoms. The number of nitrogens with one attached hydrogen (secondary N) is 1. The summed E-state index contributed by atoms with van der Waals surface area (Å²) in [5.41, 5.74) is 5.96. The van der Waals surface area contributed by atoms with Crippen LogP contribution in [0.1, 0.15) is 43.7 Å². The Bertz CT molecular complexity index is 1050. The number of carbonyl (C=O) groups is 2. The number of thioether (sulfide) groups is 1. The number of rotatable bonds is 9. The molecule has 2 aromatic rings. The molecule has 1 aliphatic heterocycles. The number of aromatic nitrogens is 2. The summed E-state index contributed by atoms with van der Waals surface area (Å²) in [4.78, 5) is 40.8. The van der Waals surface area contributed by atoms with Gasteiger partial charge < -0.3 is 25.1 Å². The van der Waals surface area contributed by atoms with Gasteiger partial charge in [0, 0.05) is 25.1 Å². The van der Waals surface area contributed by atoms with E-state index in [4.69, 9.17) is 15.2 Å². The van der Waals surface area contributed by atoms with Crippen LogP contribution in [0.5, 0.6) is 11.5 Å². The van der Waals surface area contributed by atoms with Crippen molar-refractivity contribution < 1.29 is 19.1 Å². The predicted octanol–water partition coefficient (Wildman–Crippen LogP) is 2.02. The predicted molar refractivity (Wildman–Crippen MR) is 118 cm³/mol. The van der Waals surface area contributed by atoms with Crippen LogP contribution >= 0.6 is 11.8 Å². The minimum absolute atomic E-state index is 0.110. The Morgan fingerprint density at radius 3 is 2.74 bits per heavy atom. The fourth-order valence-electron chi connectivity index (χ4n) is 3.42. The van der Waals surface area contributed by atoms with E-state index in [1.165, 1.54) is 11.8 Å². The summed E-state index contributed by atoms with van der Waals surface area (Å²) < 4.78 is 12.8. The maximum Gasteiger partial charge on any atom is 0.279 e. The standard InChI is InChI=1S/C21H26N4O5S/c1-4-8-31-21-24-20(28)18-13(10-17(27)23-19(18)25(21)3)12-6-7-14(30-11-16(22)26)15(9-12)29-5-2/h6-7,9,13H,4-5,8,10-11H2,1-3H3,(H2,22,26)(H,23,27). The average molecular weight is 447 g/mol. The molecule has 3 rings (SSSR count). The summed E-state index contributed by atoms with van der Waals surface area (Å²) in [6.45, 7) is 3.97. The van der Waals surface area contributed by atoms with Crippen LogP contribution in [0.25, 0.3) is 0 Å². The Hall–Kier alpha value is -3.01. The van der Waals surface area contributed by atoms with E-state index < -0.39 is 11.8 Å². The lowest BCUT2D eigenvalue weighted by molar-refractivity contribution is -0.120. The van der Waals surface area contributed by atoms with E-state index in [0.29, 0.717) is 34.6 Å². The number of benzene rings is 1. The molecule has 0 saturated heterocycles. The van der Waals surface area contributed by atoms with Gasteiger partial charge in [-0.15, -0.1) is 0 Å². The van der Waals surface area contributed by atoms with Gasteiger partial charge in [-0.2, -0.15) is 4.98 Å². The van der Waals surface area contributed by atoms with Crippen LogP contribution in [0.3, 0.4) is 0 Å². The molecule has 0 bridgehead atoms. The maximum absolute atomic E-state index is 12.9. The molecule has 1 aromatic heterocycles. The third-order valence-corrected chi connectivity index (χ3v) is 6.01. The molecular weight excluding hydrogens is 420 g/mol. The van der Waals surface area contributed by atoms with Crippen LogP contribution in [0, 0.1) is 0 Å². The van der Waals surface area contributed by atoms with Crippen LogP contribution in [-0.2, 0) is 16.6 Å². The Labute approximate surface area is 184 Å². The molecule has 10 heteroatoms. The minimum atomic E-state index is -0.601. The van der Waals surface area contributed by atoms with E-state index in [9.17, 15) is 14.4 Å². The molecule has 2 heterocycles. The maximum atomic E-state index is 12.9. The fraction of sp³-hybridized carbons (Fsp3) is 0.429. The molecule has 3 N–H and O–H groups in total. The Balaban J connectivity index is 2.05. The molecule has 0 saturated carbocycles. The number of anilines is 1. The Kier molecular flexibility index (Phi) is 7.21. The fourth-order valence-corrected chi connectivity index (χ4v) is 4.24. The summed E-state index contributed by atoms with van der Waals surface area (Å²) in [6, 6.07) is 5.13. The molecule has 2 amide bonds. The second-order valence-electron chi connectivity index (χ2n) is 7.07. The van der Waals surface area contributed by atoms with Crippen LogP contribution in [-0.4, -0.2) is 40.3 Å². The molecule has 0 aliphatic carbocycles. The number of primary amides is 1. The van der Waals surface area contributed by atoms with Crippen molar-refractivity contribution in [1.29, 1.82) is 0 Å². The van der Waals surface area contributed by atoms with E-state index in [2.05, 4.69) is 10.3 Å². The van der Waals surface area contributed by atoms with Crippen molar-refractivity contribution in [3.8, 4) is 11.5 Å². The van der Waals surface area contributed by atoms with E-state index >= 15 is 0 Å². The molecule has 9 nitrogen and oxygen atoms in total. The minimum Gasteiger partial charge on any atom is -0.490 e. The lowest BCUT2D eigenvalue weighted by Gasteiger charge is -2.28. The van der Waals surface area contributed by atoms with Gasteiger partial charge in [-0.25, -0.2) is 0 Å². The summed E-state index contributed by atoms with van der Waals surface area (Å²) in [7, 11) is 1.79. The topological polar surface area (TPSA) is 126 Å². The zero-order chi connectivity index (χ0) is 22.5. The van der Waals surface area contributed by atoms with E-state index in [-0.39, 0.29) is 24.5 Å². The highest BCUT2D eigenvalue weighted by Crippen LogP contribution is 2.39. The van der Waals surface area contributed by atoms with Crippen molar-refractivity contribution in [3.05, 3.63) is 39.7 Å². The highest BCUT2D eigenvalue weighted by Gasteiger charge is 2.32. The number of carbonyl (C=O) groups excluding carboxylic acids is 2. The molecule has 1 aliphatic rings. The number of nitrogens with two attached hydrogens (primary N) is 1. The van der Waals surface area contributed by atoms with Crippen molar-refractivity contribution in [2.75, 3.05) is 24.3 Å². The van der Waals surface area contributed by atoms with Gasteiger partial charge in [0.25, 0.3) is 11.5 Å². The lowest BCUT2D eigenvalue weighted by Crippen LogP contribution is -2.33. The summed E-state index contributed by atoms with van der Waals surface area (Å²) >= 11 is 1.48. The van der Waals surface area contributed by atoms with Crippen molar-refractivity contribution in [2.45, 2.75) is 37.8 Å². The average Bonchev–Trinajstić information content (AvgIpc) is 2.73. The summed E-state index contributed by atoms with van der Waals surface area (Å²) in [5, 5.41) is 3.40. The molecule has 1 atom stereocenters.